The normalized spacial score (nSPS) is 21.8. The number of ether oxygens (including phenoxy) is 1. The molecule has 0 radical (unpaired) electrons. The Morgan fingerprint density at radius 2 is 2.25 bits per heavy atom. The highest BCUT2D eigenvalue weighted by atomic mass is 35.5. The Morgan fingerprint density at radius 3 is 2.85 bits per heavy atom. The predicted octanol–water partition coefficient (Wildman–Crippen LogP) is 3.56. The Labute approximate surface area is 124 Å². The van der Waals surface area contributed by atoms with Gasteiger partial charge in [0.15, 0.2) is 0 Å². The van der Waals surface area contributed by atoms with E-state index in [2.05, 4.69) is 12.2 Å². The number of rotatable bonds is 4. The molecule has 110 valence electrons. The van der Waals surface area contributed by atoms with Crippen LogP contribution in [-0.4, -0.2) is 19.6 Å². The van der Waals surface area contributed by atoms with Crippen molar-refractivity contribution in [1.29, 1.82) is 0 Å². The summed E-state index contributed by atoms with van der Waals surface area (Å²) in [6.45, 7) is 3.08. The number of anilines is 2. The molecule has 0 aliphatic heterocycles. The maximum atomic E-state index is 11.8. The minimum absolute atomic E-state index is 0.392. The zero-order valence-corrected chi connectivity index (χ0v) is 12.7. The van der Waals surface area contributed by atoms with Crippen LogP contribution in [-0.2, 0) is 4.74 Å². The predicted molar refractivity (Wildman–Crippen MR) is 82.2 cm³/mol. The molecule has 0 aromatic heterocycles. The van der Waals surface area contributed by atoms with E-state index in [1.807, 2.05) is 0 Å². The lowest BCUT2D eigenvalue weighted by Crippen LogP contribution is -2.18. The topological polar surface area (TPSA) is 64.3 Å². The van der Waals surface area contributed by atoms with Gasteiger partial charge < -0.3 is 15.8 Å². The average molecular weight is 297 g/mol. The van der Waals surface area contributed by atoms with Gasteiger partial charge in [-0.1, -0.05) is 31.4 Å². The van der Waals surface area contributed by atoms with E-state index >= 15 is 0 Å². The number of hydrogen-bond acceptors (Lipinski definition) is 4. The molecule has 0 saturated heterocycles. The lowest BCUT2D eigenvalue weighted by Gasteiger charge is -2.19. The molecular weight excluding hydrogens is 276 g/mol. The van der Waals surface area contributed by atoms with Gasteiger partial charge in [0.05, 0.1) is 23.4 Å². The van der Waals surface area contributed by atoms with E-state index < -0.39 is 5.97 Å². The van der Waals surface area contributed by atoms with Gasteiger partial charge in [0.25, 0.3) is 0 Å². The van der Waals surface area contributed by atoms with Crippen LogP contribution >= 0.6 is 11.6 Å². The van der Waals surface area contributed by atoms with E-state index in [0.29, 0.717) is 33.8 Å². The molecule has 3 N–H and O–H groups in total. The van der Waals surface area contributed by atoms with Crippen LogP contribution in [0.4, 0.5) is 11.4 Å². The first kappa shape index (κ1) is 15.0. The molecule has 20 heavy (non-hydrogen) atoms. The Balaban J connectivity index is 2.19. The number of nitrogen functional groups attached to an aromatic ring is 1. The van der Waals surface area contributed by atoms with Gasteiger partial charge in [0, 0.05) is 12.2 Å². The number of benzene rings is 1. The Bertz CT molecular complexity index is 505. The number of nitrogens with two attached hydrogens (primary N) is 1. The van der Waals surface area contributed by atoms with Crippen LogP contribution in [0.3, 0.4) is 0 Å². The number of hydrogen-bond donors (Lipinski definition) is 2. The quantitative estimate of drug-likeness (QED) is 0.659. The average Bonchev–Trinajstić information content (AvgIpc) is 2.81. The highest BCUT2D eigenvalue weighted by molar-refractivity contribution is 6.34. The number of carbonyl (C=O) groups is 1. The molecule has 1 aliphatic rings. The van der Waals surface area contributed by atoms with E-state index in [0.717, 1.165) is 6.54 Å². The molecule has 0 bridgehead atoms. The fraction of sp³-hybridized carbons (Fsp3) is 0.533. The monoisotopic (exact) mass is 296 g/mol. The highest BCUT2D eigenvalue weighted by Crippen LogP contribution is 2.34. The number of nitrogens with one attached hydrogen (secondary N) is 1. The van der Waals surface area contributed by atoms with Crippen LogP contribution in [0.15, 0.2) is 12.1 Å². The van der Waals surface area contributed by atoms with Crippen LogP contribution in [0.2, 0.25) is 5.02 Å². The number of methoxy groups -OCH3 is 1. The third kappa shape index (κ3) is 3.18. The molecule has 2 unspecified atom stereocenters. The smallest absolute Gasteiger partial charge is 0.340 e. The summed E-state index contributed by atoms with van der Waals surface area (Å²) < 4.78 is 4.79. The molecule has 2 atom stereocenters. The van der Waals surface area contributed by atoms with Crippen LogP contribution < -0.4 is 11.1 Å². The SMILES string of the molecule is COC(=O)c1cc(N)cc(Cl)c1NCC1CCCC1C. The molecule has 1 aromatic carbocycles. The highest BCUT2D eigenvalue weighted by Gasteiger charge is 2.24. The van der Waals surface area contributed by atoms with Gasteiger partial charge in [0.2, 0.25) is 0 Å². The van der Waals surface area contributed by atoms with Crippen LogP contribution in [0.1, 0.15) is 36.5 Å². The van der Waals surface area contributed by atoms with E-state index in [1.54, 1.807) is 12.1 Å². The third-order valence-corrected chi connectivity index (χ3v) is 4.40. The second-order valence-corrected chi connectivity index (χ2v) is 5.87. The first-order chi connectivity index (χ1) is 9.52. The maximum Gasteiger partial charge on any atom is 0.340 e. The molecule has 1 aromatic rings. The van der Waals surface area contributed by atoms with Crippen molar-refractivity contribution in [3.05, 3.63) is 22.7 Å². The standard InChI is InChI=1S/C15H21ClN2O2/c1-9-4-3-5-10(9)8-18-14-12(15(19)20-2)6-11(17)7-13(14)16/h6-7,9-10,18H,3-5,8,17H2,1-2H3. The molecule has 0 amide bonds. The molecular formula is C15H21ClN2O2. The first-order valence-corrected chi connectivity index (χ1v) is 7.32. The summed E-state index contributed by atoms with van der Waals surface area (Å²) in [7, 11) is 1.35. The van der Waals surface area contributed by atoms with Crippen molar-refractivity contribution in [2.24, 2.45) is 11.8 Å². The summed E-state index contributed by atoms with van der Waals surface area (Å²) in [4.78, 5) is 11.8. The second kappa shape index (κ2) is 6.35. The second-order valence-electron chi connectivity index (χ2n) is 5.47. The van der Waals surface area contributed by atoms with Crippen LogP contribution in [0, 0.1) is 11.8 Å². The number of halogens is 1. The van der Waals surface area contributed by atoms with Crippen molar-refractivity contribution >= 4 is 28.9 Å². The molecule has 0 heterocycles. The lowest BCUT2D eigenvalue weighted by atomic mass is 9.98. The zero-order chi connectivity index (χ0) is 14.7. The number of esters is 1. The van der Waals surface area contributed by atoms with Crippen molar-refractivity contribution in [3.63, 3.8) is 0 Å². The van der Waals surface area contributed by atoms with E-state index in [-0.39, 0.29) is 0 Å². The van der Waals surface area contributed by atoms with Gasteiger partial charge in [0.1, 0.15) is 0 Å². The zero-order valence-electron chi connectivity index (χ0n) is 11.9. The largest absolute Gasteiger partial charge is 0.465 e. The van der Waals surface area contributed by atoms with E-state index in [9.17, 15) is 4.79 Å². The fourth-order valence-electron chi connectivity index (χ4n) is 2.84. The van der Waals surface area contributed by atoms with Gasteiger partial charge in [-0.3, -0.25) is 0 Å². The lowest BCUT2D eigenvalue weighted by molar-refractivity contribution is 0.0602. The maximum absolute atomic E-state index is 11.8. The third-order valence-electron chi connectivity index (χ3n) is 4.10. The Morgan fingerprint density at radius 1 is 1.50 bits per heavy atom. The summed E-state index contributed by atoms with van der Waals surface area (Å²) in [5.74, 6) is 0.895. The van der Waals surface area contributed by atoms with Gasteiger partial charge >= 0.3 is 5.97 Å². The number of carbonyl (C=O) groups excluding carboxylic acids is 1. The van der Waals surface area contributed by atoms with Crippen molar-refractivity contribution in [3.8, 4) is 0 Å². The minimum atomic E-state index is -0.429. The van der Waals surface area contributed by atoms with Gasteiger partial charge in [-0.25, -0.2) is 4.79 Å². The Kier molecular flexibility index (Phi) is 4.76. The van der Waals surface area contributed by atoms with Gasteiger partial charge in [-0.05, 0) is 30.4 Å². The first-order valence-electron chi connectivity index (χ1n) is 6.94. The van der Waals surface area contributed by atoms with Crippen LogP contribution in [0.25, 0.3) is 0 Å². The van der Waals surface area contributed by atoms with Gasteiger partial charge in [-0.15, -0.1) is 0 Å². The van der Waals surface area contributed by atoms with Crippen molar-refractivity contribution in [1.82, 2.24) is 0 Å². The molecule has 2 rings (SSSR count). The van der Waals surface area contributed by atoms with Gasteiger partial charge in [-0.2, -0.15) is 0 Å². The van der Waals surface area contributed by atoms with Crippen LogP contribution in [0.5, 0.6) is 0 Å². The van der Waals surface area contributed by atoms with Crippen molar-refractivity contribution in [2.45, 2.75) is 26.2 Å². The molecule has 0 spiro atoms. The molecule has 5 heteroatoms. The van der Waals surface area contributed by atoms with Crippen molar-refractivity contribution in [2.75, 3.05) is 24.7 Å². The molecule has 1 fully saturated rings. The van der Waals surface area contributed by atoms with E-state index in [4.69, 9.17) is 22.1 Å². The summed E-state index contributed by atoms with van der Waals surface area (Å²) in [5.41, 5.74) is 7.20. The summed E-state index contributed by atoms with van der Waals surface area (Å²) >= 11 is 6.21. The van der Waals surface area contributed by atoms with Crippen molar-refractivity contribution < 1.29 is 9.53 Å². The summed E-state index contributed by atoms with van der Waals surface area (Å²) in [5, 5.41) is 3.76. The van der Waals surface area contributed by atoms with E-state index in [1.165, 1.54) is 26.4 Å². The summed E-state index contributed by atoms with van der Waals surface area (Å²) in [6, 6.07) is 3.24. The minimum Gasteiger partial charge on any atom is -0.465 e. The molecule has 1 saturated carbocycles. The fourth-order valence-corrected chi connectivity index (χ4v) is 3.13. The molecule has 4 nitrogen and oxygen atoms in total. The molecule has 1 aliphatic carbocycles. The Hall–Kier alpha value is -1.42. The summed E-state index contributed by atoms with van der Waals surface area (Å²) in [6.07, 6.45) is 3.76.